The minimum Gasteiger partial charge on any atom is -0.462 e. The first kappa shape index (κ1) is 18.4. The van der Waals surface area contributed by atoms with Crippen molar-refractivity contribution in [2.75, 3.05) is 17.2 Å². The van der Waals surface area contributed by atoms with Gasteiger partial charge in [-0.25, -0.2) is 9.78 Å². The summed E-state index contributed by atoms with van der Waals surface area (Å²) < 4.78 is 5.12. The predicted molar refractivity (Wildman–Crippen MR) is 106 cm³/mol. The van der Waals surface area contributed by atoms with Crippen molar-refractivity contribution in [3.63, 3.8) is 0 Å². The molecule has 3 aromatic rings. The second-order valence-electron chi connectivity index (χ2n) is 5.95. The molecule has 0 amide bonds. The first-order valence-corrected chi connectivity index (χ1v) is 8.82. The van der Waals surface area contributed by atoms with E-state index in [-0.39, 0.29) is 5.97 Å². The highest BCUT2D eigenvalue weighted by molar-refractivity contribution is 5.96. The monoisotopic (exact) mass is 362 g/mol. The Hall–Kier alpha value is -3.41. The Morgan fingerprint density at radius 3 is 2.56 bits per heavy atom. The van der Waals surface area contributed by atoms with Crippen molar-refractivity contribution in [2.45, 2.75) is 20.4 Å². The van der Waals surface area contributed by atoms with Crippen LogP contribution in [0.5, 0.6) is 0 Å². The second-order valence-corrected chi connectivity index (χ2v) is 5.95. The topological polar surface area (TPSA) is 76.1 Å². The summed E-state index contributed by atoms with van der Waals surface area (Å²) in [6.45, 7) is 4.64. The van der Waals surface area contributed by atoms with Gasteiger partial charge in [-0.3, -0.25) is 0 Å². The zero-order chi connectivity index (χ0) is 19.1. The molecule has 6 nitrogen and oxygen atoms in total. The maximum atomic E-state index is 12.1. The minimum absolute atomic E-state index is 0.327. The van der Waals surface area contributed by atoms with Crippen LogP contribution in [-0.4, -0.2) is 22.5 Å². The summed E-state index contributed by atoms with van der Waals surface area (Å²) in [5.41, 5.74) is 3.07. The van der Waals surface area contributed by atoms with Crippen LogP contribution >= 0.6 is 0 Å². The van der Waals surface area contributed by atoms with Crippen LogP contribution in [0.15, 0.2) is 60.7 Å². The number of carbonyl (C=O) groups excluding carboxylic acids is 1. The fourth-order valence-corrected chi connectivity index (χ4v) is 2.61. The van der Waals surface area contributed by atoms with Crippen molar-refractivity contribution in [3.05, 3.63) is 77.5 Å². The van der Waals surface area contributed by atoms with Crippen LogP contribution < -0.4 is 10.6 Å². The molecular weight excluding hydrogens is 340 g/mol. The zero-order valence-electron chi connectivity index (χ0n) is 15.4. The lowest BCUT2D eigenvalue weighted by atomic mass is 10.2. The highest BCUT2D eigenvalue weighted by atomic mass is 16.5. The third-order valence-electron chi connectivity index (χ3n) is 3.83. The highest BCUT2D eigenvalue weighted by Crippen LogP contribution is 2.22. The van der Waals surface area contributed by atoms with E-state index < -0.39 is 0 Å². The van der Waals surface area contributed by atoms with Gasteiger partial charge in [0.15, 0.2) is 0 Å². The summed E-state index contributed by atoms with van der Waals surface area (Å²) in [4.78, 5) is 21.1. The van der Waals surface area contributed by atoms with Crippen LogP contribution in [0.1, 0.15) is 28.5 Å². The number of para-hydroxylation sites is 1. The number of benzene rings is 2. The Kier molecular flexibility index (Phi) is 5.99. The number of hydrogen-bond acceptors (Lipinski definition) is 6. The Labute approximate surface area is 158 Å². The fourth-order valence-electron chi connectivity index (χ4n) is 2.61. The van der Waals surface area contributed by atoms with E-state index in [9.17, 15) is 4.79 Å². The number of aromatic nitrogens is 2. The van der Waals surface area contributed by atoms with Gasteiger partial charge in [0.05, 0.1) is 17.9 Å². The number of ether oxygens (including phenoxy) is 1. The van der Waals surface area contributed by atoms with Crippen molar-refractivity contribution in [1.82, 2.24) is 9.97 Å². The quantitative estimate of drug-likeness (QED) is 0.610. The lowest BCUT2D eigenvalue weighted by molar-refractivity contribution is 0.0527. The minimum atomic E-state index is -0.367. The number of anilines is 3. The molecule has 1 aromatic heterocycles. The number of nitrogens with one attached hydrogen (secondary N) is 2. The lowest BCUT2D eigenvalue weighted by Crippen LogP contribution is -2.09. The van der Waals surface area contributed by atoms with Crippen LogP contribution in [0.4, 0.5) is 17.5 Å². The molecule has 0 fully saturated rings. The van der Waals surface area contributed by atoms with Crippen molar-refractivity contribution >= 4 is 23.4 Å². The maximum absolute atomic E-state index is 12.1. The molecule has 0 bridgehead atoms. The standard InChI is InChI=1S/C21H22N4O2/c1-3-27-20(26)17-11-7-8-12-18(17)24-19-13-15(2)23-21(25-19)22-14-16-9-5-4-6-10-16/h4-13H,3,14H2,1-2H3,(H2,22,23,24,25). The smallest absolute Gasteiger partial charge is 0.340 e. The van der Waals surface area contributed by atoms with Crippen LogP contribution in [0.25, 0.3) is 0 Å². The molecule has 0 spiro atoms. The summed E-state index contributed by atoms with van der Waals surface area (Å²) in [5, 5.41) is 6.43. The largest absolute Gasteiger partial charge is 0.462 e. The summed E-state index contributed by atoms with van der Waals surface area (Å²) in [7, 11) is 0. The first-order chi connectivity index (χ1) is 13.2. The van der Waals surface area contributed by atoms with Gasteiger partial charge in [0.1, 0.15) is 5.82 Å². The first-order valence-electron chi connectivity index (χ1n) is 8.82. The molecule has 1 heterocycles. The number of rotatable bonds is 7. The summed E-state index contributed by atoms with van der Waals surface area (Å²) >= 11 is 0. The van der Waals surface area contributed by atoms with Gasteiger partial charge in [-0.2, -0.15) is 4.98 Å². The van der Waals surface area contributed by atoms with Crippen LogP contribution in [0.2, 0.25) is 0 Å². The van der Waals surface area contributed by atoms with Crippen molar-refractivity contribution in [1.29, 1.82) is 0 Å². The van der Waals surface area contributed by atoms with Crippen LogP contribution in [0, 0.1) is 6.92 Å². The molecule has 0 unspecified atom stereocenters. The van der Waals surface area contributed by atoms with Gasteiger partial charge in [-0.1, -0.05) is 42.5 Å². The molecule has 0 aliphatic carbocycles. The average molecular weight is 362 g/mol. The summed E-state index contributed by atoms with van der Waals surface area (Å²) in [6, 6.07) is 19.1. The molecule has 27 heavy (non-hydrogen) atoms. The molecular formula is C21H22N4O2. The van der Waals surface area contributed by atoms with Crippen molar-refractivity contribution in [2.24, 2.45) is 0 Å². The highest BCUT2D eigenvalue weighted by Gasteiger charge is 2.13. The summed E-state index contributed by atoms with van der Waals surface area (Å²) in [6.07, 6.45) is 0. The number of aryl methyl sites for hydroxylation is 1. The Bertz CT molecular complexity index is 913. The predicted octanol–water partition coefficient (Wildman–Crippen LogP) is 4.32. The maximum Gasteiger partial charge on any atom is 0.340 e. The number of nitrogens with zero attached hydrogens (tertiary/aromatic N) is 2. The van der Waals surface area contributed by atoms with E-state index in [1.165, 1.54) is 0 Å². The number of hydrogen-bond donors (Lipinski definition) is 2. The van der Waals surface area contributed by atoms with Crippen LogP contribution in [-0.2, 0) is 11.3 Å². The third kappa shape index (κ3) is 5.04. The molecule has 0 aliphatic heterocycles. The fraction of sp³-hybridized carbons (Fsp3) is 0.190. The van der Waals surface area contributed by atoms with Gasteiger partial charge >= 0.3 is 5.97 Å². The molecule has 6 heteroatoms. The van der Waals surface area contributed by atoms with E-state index in [1.54, 1.807) is 19.1 Å². The van der Waals surface area contributed by atoms with Gasteiger partial charge in [-0.15, -0.1) is 0 Å². The van der Waals surface area contributed by atoms with Gasteiger partial charge in [0.25, 0.3) is 0 Å². The molecule has 138 valence electrons. The number of carbonyl (C=O) groups is 1. The molecule has 0 saturated carbocycles. The zero-order valence-corrected chi connectivity index (χ0v) is 15.4. The molecule has 0 atom stereocenters. The van der Waals surface area contributed by atoms with E-state index in [0.717, 1.165) is 11.3 Å². The Morgan fingerprint density at radius 1 is 1.04 bits per heavy atom. The molecule has 0 aliphatic rings. The van der Waals surface area contributed by atoms with Gasteiger partial charge in [0.2, 0.25) is 5.95 Å². The lowest BCUT2D eigenvalue weighted by Gasteiger charge is -2.12. The van der Waals surface area contributed by atoms with Gasteiger partial charge < -0.3 is 15.4 Å². The second kappa shape index (κ2) is 8.80. The number of esters is 1. The molecule has 0 saturated heterocycles. The van der Waals surface area contributed by atoms with Crippen LogP contribution in [0.3, 0.4) is 0 Å². The van der Waals surface area contributed by atoms with E-state index >= 15 is 0 Å². The Morgan fingerprint density at radius 2 is 1.78 bits per heavy atom. The molecule has 0 radical (unpaired) electrons. The summed E-state index contributed by atoms with van der Waals surface area (Å²) in [5.74, 6) is 0.763. The molecule has 2 aromatic carbocycles. The molecule has 2 N–H and O–H groups in total. The van der Waals surface area contributed by atoms with Gasteiger partial charge in [0, 0.05) is 18.3 Å². The average Bonchev–Trinajstić information content (AvgIpc) is 2.67. The van der Waals surface area contributed by atoms with Crippen molar-refractivity contribution < 1.29 is 9.53 Å². The van der Waals surface area contributed by atoms with Gasteiger partial charge in [-0.05, 0) is 31.5 Å². The molecule has 3 rings (SSSR count). The van der Waals surface area contributed by atoms with E-state index in [0.29, 0.717) is 36.2 Å². The van der Waals surface area contributed by atoms with E-state index in [1.807, 2.05) is 55.5 Å². The van der Waals surface area contributed by atoms with E-state index in [4.69, 9.17) is 4.74 Å². The normalized spacial score (nSPS) is 10.3. The Balaban J connectivity index is 1.78. The van der Waals surface area contributed by atoms with E-state index in [2.05, 4.69) is 20.6 Å². The third-order valence-corrected chi connectivity index (χ3v) is 3.83. The van der Waals surface area contributed by atoms with Crippen molar-refractivity contribution in [3.8, 4) is 0 Å². The SMILES string of the molecule is CCOC(=O)c1ccccc1Nc1cc(C)nc(NCc2ccccc2)n1.